The number of rotatable bonds is 2. The quantitative estimate of drug-likeness (QED) is 0.915. The van der Waals surface area contributed by atoms with E-state index in [1.165, 1.54) is 12.1 Å². The molecule has 2 heterocycles. The van der Waals surface area contributed by atoms with Crippen molar-refractivity contribution < 1.29 is 9.18 Å². The number of aromatic nitrogens is 3. The lowest BCUT2D eigenvalue weighted by Gasteiger charge is -2.18. The minimum absolute atomic E-state index is 0.00618. The van der Waals surface area contributed by atoms with Crippen molar-refractivity contribution in [2.24, 2.45) is 0 Å². The molecule has 0 bridgehead atoms. The number of benzene rings is 1. The van der Waals surface area contributed by atoms with Crippen LogP contribution in [0.25, 0.3) is 0 Å². The van der Waals surface area contributed by atoms with Crippen LogP contribution in [0.4, 0.5) is 10.3 Å². The lowest BCUT2D eigenvalue weighted by atomic mass is 10.1. The molecule has 2 aromatic rings. The van der Waals surface area contributed by atoms with E-state index in [2.05, 4.69) is 22.3 Å². The molecule has 0 aliphatic carbocycles. The zero-order valence-corrected chi connectivity index (χ0v) is 11.1. The number of aryl methyl sites for hydroxylation is 1. The molecule has 1 amide bonds. The first kappa shape index (κ1) is 12.8. The smallest absolute Gasteiger partial charge is 0.261 e. The van der Waals surface area contributed by atoms with Gasteiger partial charge in [0.15, 0.2) is 0 Å². The van der Waals surface area contributed by atoms with Gasteiger partial charge in [-0.05, 0) is 31.9 Å². The maximum absolute atomic E-state index is 13.5. The summed E-state index contributed by atoms with van der Waals surface area (Å²) in [5.74, 6) is 0.0237. The lowest BCUT2D eigenvalue weighted by Crippen LogP contribution is -2.17. The SMILES string of the molecule is CC1CCCc2nc(NC(=O)c3ccccc3F)nn21. The largest absolute Gasteiger partial charge is 0.289 e. The van der Waals surface area contributed by atoms with Crippen LogP contribution in [0.15, 0.2) is 24.3 Å². The van der Waals surface area contributed by atoms with Crippen LogP contribution < -0.4 is 5.32 Å². The van der Waals surface area contributed by atoms with Crippen LogP contribution in [0.3, 0.4) is 0 Å². The first-order valence-electron chi connectivity index (χ1n) is 6.66. The van der Waals surface area contributed by atoms with E-state index < -0.39 is 11.7 Å². The molecule has 0 spiro atoms. The molecule has 1 aliphatic heterocycles. The Morgan fingerprint density at radius 3 is 3.00 bits per heavy atom. The Bertz CT molecular complexity index is 652. The van der Waals surface area contributed by atoms with E-state index in [-0.39, 0.29) is 17.6 Å². The molecule has 1 N–H and O–H groups in total. The van der Waals surface area contributed by atoms with Crippen molar-refractivity contribution in [3.05, 3.63) is 41.5 Å². The van der Waals surface area contributed by atoms with Crippen molar-refractivity contribution >= 4 is 11.9 Å². The van der Waals surface area contributed by atoms with E-state index in [1.807, 2.05) is 4.68 Å². The van der Waals surface area contributed by atoms with E-state index in [1.54, 1.807) is 12.1 Å². The number of amides is 1. The molecule has 3 rings (SSSR count). The summed E-state index contributed by atoms with van der Waals surface area (Å²) in [4.78, 5) is 16.3. The Kier molecular flexibility index (Phi) is 3.22. The van der Waals surface area contributed by atoms with Gasteiger partial charge < -0.3 is 0 Å². The first-order chi connectivity index (χ1) is 9.65. The third-order valence-electron chi connectivity index (χ3n) is 3.49. The number of carbonyl (C=O) groups is 1. The van der Waals surface area contributed by atoms with E-state index in [0.717, 1.165) is 25.1 Å². The zero-order valence-electron chi connectivity index (χ0n) is 11.1. The first-order valence-corrected chi connectivity index (χ1v) is 6.66. The van der Waals surface area contributed by atoms with Crippen molar-refractivity contribution in [1.82, 2.24) is 14.8 Å². The van der Waals surface area contributed by atoms with Crippen molar-refractivity contribution in [2.45, 2.75) is 32.2 Å². The molecular weight excluding hydrogens is 259 g/mol. The highest BCUT2D eigenvalue weighted by Crippen LogP contribution is 2.23. The van der Waals surface area contributed by atoms with Gasteiger partial charge in [-0.25, -0.2) is 9.07 Å². The molecule has 104 valence electrons. The predicted molar refractivity (Wildman–Crippen MR) is 72.0 cm³/mol. The van der Waals surface area contributed by atoms with Gasteiger partial charge in [-0.15, -0.1) is 5.10 Å². The van der Waals surface area contributed by atoms with Crippen molar-refractivity contribution in [3.8, 4) is 0 Å². The van der Waals surface area contributed by atoms with Gasteiger partial charge in [-0.3, -0.25) is 10.1 Å². The maximum Gasteiger partial charge on any atom is 0.261 e. The van der Waals surface area contributed by atoms with Crippen molar-refractivity contribution in [3.63, 3.8) is 0 Å². The van der Waals surface area contributed by atoms with Gasteiger partial charge in [0.05, 0.1) is 11.6 Å². The second-order valence-electron chi connectivity index (χ2n) is 4.97. The Balaban J connectivity index is 1.82. The van der Waals surface area contributed by atoms with Crippen LogP contribution in [0.5, 0.6) is 0 Å². The third-order valence-corrected chi connectivity index (χ3v) is 3.49. The summed E-state index contributed by atoms with van der Waals surface area (Å²) in [7, 11) is 0. The van der Waals surface area contributed by atoms with Crippen LogP contribution in [0.1, 0.15) is 42.0 Å². The molecule has 0 saturated carbocycles. The van der Waals surface area contributed by atoms with Gasteiger partial charge in [0.2, 0.25) is 5.95 Å². The molecule has 0 saturated heterocycles. The van der Waals surface area contributed by atoms with Crippen LogP contribution in [0, 0.1) is 5.82 Å². The Hall–Kier alpha value is -2.24. The molecule has 0 fully saturated rings. The van der Waals surface area contributed by atoms with E-state index in [0.29, 0.717) is 0 Å². The summed E-state index contributed by atoms with van der Waals surface area (Å²) in [6.45, 7) is 2.07. The van der Waals surface area contributed by atoms with Crippen LogP contribution >= 0.6 is 0 Å². The lowest BCUT2D eigenvalue weighted by molar-refractivity contribution is 0.102. The number of halogens is 1. The Labute approximate surface area is 115 Å². The monoisotopic (exact) mass is 274 g/mol. The van der Waals surface area contributed by atoms with E-state index in [9.17, 15) is 9.18 Å². The zero-order chi connectivity index (χ0) is 14.1. The van der Waals surface area contributed by atoms with Crippen molar-refractivity contribution in [2.75, 3.05) is 5.32 Å². The fourth-order valence-corrected chi connectivity index (χ4v) is 2.42. The Morgan fingerprint density at radius 2 is 2.25 bits per heavy atom. The average molecular weight is 274 g/mol. The molecule has 20 heavy (non-hydrogen) atoms. The molecule has 1 aromatic carbocycles. The minimum Gasteiger partial charge on any atom is -0.289 e. The van der Waals surface area contributed by atoms with Gasteiger partial charge in [0.25, 0.3) is 5.91 Å². The van der Waals surface area contributed by atoms with Gasteiger partial charge in [0, 0.05) is 6.42 Å². The predicted octanol–water partition coefficient (Wildman–Crippen LogP) is 2.57. The summed E-state index contributed by atoms with van der Waals surface area (Å²) < 4.78 is 15.4. The second-order valence-corrected chi connectivity index (χ2v) is 4.97. The normalized spacial score (nSPS) is 17.6. The molecule has 1 aromatic heterocycles. The summed E-state index contributed by atoms with van der Waals surface area (Å²) in [6, 6.07) is 6.13. The molecular formula is C14H15FN4O. The van der Waals surface area contributed by atoms with Crippen LogP contribution in [-0.4, -0.2) is 20.7 Å². The van der Waals surface area contributed by atoms with E-state index in [4.69, 9.17) is 0 Å². The standard InChI is InChI=1S/C14H15FN4O/c1-9-5-4-8-12-16-14(18-19(9)12)17-13(20)10-6-2-3-7-11(10)15/h2-3,6-7,9H,4-5,8H2,1H3,(H,17,18,20). The number of nitrogens with zero attached hydrogens (tertiary/aromatic N) is 3. The highest BCUT2D eigenvalue weighted by molar-refractivity contribution is 6.03. The van der Waals surface area contributed by atoms with Crippen molar-refractivity contribution in [1.29, 1.82) is 0 Å². The highest BCUT2D eigenvalue weighted by atomic mass is 19.1. The number of hydrogen-bond donors (Lipinski definition) is 1. The highest BCUT2D eigenvalue weighted by Gasteiger charge is 2.21. The number of fused-ring (bicyclic) bond motifs is 1. The average Bonchev–Trinajstić information content (AvgIpc) is 2.83. The summed E-state index contributed by atoms with van der Waals surface area (Å²) in [5.41, 5.74) is -0.00618. The second kappa shape index (κ2) is 5.03. The van der Waals surface area contributed by atoms with Gasteiger partial charge in [-0.1, -0.05) is 12.1 Å². The summed E-state index contributed by atoms with van der Waals surface area (Å²) in [6.07, 6.45) is 2.98. The number of nitrogens with one attached hydrogen (secondary N) is 1. The maximum atomic E-state index is 13.5. The molecule has 1 aliphatic rings. The molecule has 6 heteroatoms. The van der Waals surface area contributed by atoms with Gasteiger partial charge >= 0.3 is 0 Å². The van der Waals surface area contributed by atoms with E-state index >= 15 is 0 Å². The number of carbonyl (C=O) groups excluding carboxylic acids is 1. The van der Waals surface area contributed by atoms with Crippen LogP contribution in [-0.2, 0) is 6.42 Å². The third kappa shape index (κ3) is 2.29. The van der Waals surface area contributed by atoms with Gasteiger partial charge in [-0.2, -0.15) is 4.98 Å². The molecule has 0 radical (unpaired) electrons. The number of hydrogen-bond acceptors (Lipinski definition) is 3. The molecule has 1 atom stereocenters. The Morgan fingerprint density at radius 1 is 1.45 bits per heavy atom. The fraction of sp³-hybridized carbons (Fsp3) is 0.357. The van der Waals surface area contributed by atoms with Gasteiger partial charge in [0.1, 0.15) is 11.6 Å². The molecule has 1 unspecified atom stereocenters. The topological polar surface area (TPSA) is 59.8 Å². The fourth-order valence-electron chi connectivity index (χ4n) is 2.42. The molecule has 5 nitrogen and oxygen atoms in total. The minimum atomic E-state index is -0.553. The summed E-state index contributed by atoms with van der Waals surface area (Å²) >= 11 is 0. The summed E-state index contributed by atoms with van der Waals surface area (Å²) in [5, 5.41) is 6.83. The number of anilines is 1. The van der Waals surface area contributed by atoms with Crippen LogP contribution in [0.2, 0.25) is 0 Å².